The minimum absolute atomic E-state index is 0.0157. The van der Waals surface area contributed by atoms with Crippen LogP contribution < -0.4 is 20.9 Å². The Morgan fingerprint density at radius 3 is 2.48 bits per heavy atom. The van der Waals surface area contributed by atoms with Gasteiger partial charge in [0.05, 0.1) is 23.6 Å². The Kier molecular flexibility index (Phi) is 10.1. The third-order valence-corrected chi connectivity index (χ3v) is 11.8. The second-order valence-corrected chi connectivity index (χ2v) is 14.9. The maximum Gasteiger partial charge on any atom is 0.261 e. The number of nitrogens with zero attached hydrogens (tertiary/aromatic N) is 4. The molecule has 48 heavy (non-hydrogen) atoms. The smallest absolute Gasteiger partial charge is 0.261 e. The first-order chi connectivity index (χ1) is 23.3. The molecule has 10 nitrogen and oxygen atoms in total. The van der Waals surface area contributed by atoms with Gasteiger partial charge in [-0.1, -0.05) is 0 Å². The number of aromatic nitrogens is 2. The monoisotopic (exact) mass is 682 g/mol. The SMILES string of the molecule is Nc1ccc(N2CCC(C(=O)N3CC(N4CCC(COc5cc(F)c6c(=O)[nH]c(CSC7CCOCC7)nc6c5)CC4)C3)CC2)c(F)c1. The third-order valence-electron chi connectivity index (χ3n) is 10.4. The highest BCUT2D eigenvalue weighted by Gasteiger charge is 2.39. The lowest BCUT2D eigenvalue weighted by atomic mass is 9.91. The number of thioether (sulfide) groups is 1. The molecule has 2 aromatic carbocycles. The molecule has 3 aromatic rings. The van der Waals surface area contributed by atoms with Crippen LogP contribution in [-0.4, -0.2) is 96.1 Å². The Balaban J connectivity index is 0.847. The van der Waals surface area contributed by atoms with Crippen LogP contribution in [0.3, 0.4) is 0 Å². The summed E-state index contributed by atoms with van der Waals surface area (Å²) in [5, 5.41) is 0.426. The van der Waals surface area contributed by atoms with Crippen LogP contribution in [0.25, 0.3) is 10.9 Å². The number of piperidine rings is 2. The van der Waals surface area contributed by atoms with Gasteiger partial charge in [-0.3, -0.25) is 14.5 Å². The number of fused-ring (bicyclic) bond motifs is 1. The Morgan fingerprint density at radius 1 is 1.00 bits per heavy atom. The van der Waals surface area contributed by atoms with Crippen LogP contribution in [0.2, 0.25) is 0 Å². The summed E-state index contributed by atoms with van der Waals surface area (Å²) in [5.74, 6) is 1.09. The van der Waals surface area contributed by atoms with Gasteiger partial charge in [0.2, 0.25) is 5.91 Å². The molecule has 258 valence electrons. The van der Waals surface area contributed by atoms with Crippen LogP contribution in [0.4, 0.5) is 20.2 Å². The first-order valence-corrected chi connectivity index (χ1v) is 18.2. The molecular weight excluding hydrogens is 638 g/mol. The van der Waals surface area contributed by atoms with E-state index in [2.05, 4.69) is 14.9 Å². The fourth-order valence-electron chi connectivity index (χ4n) is 7.41. The molecule has 4 aliphatic heterocycles. The highest BCUT2D eigenvalue weighted by atomic mass is 32.2. The lowest BCUT2D eigenvalue weighted by Gasteiger charge is -2.49. The molecule has 0 aliphatic carbocycles. The highest BCUT2D eigenvalue weighted by Crippen LogP contribution is 2.31. The minimum Gasteiger partial charge on any atom is -0.493 e. The van der Waals surface area contributed by atoms with Crippen LogP contribution in [0.5, 0.6) is 5.75 Å². The zero-order valence-electron chi connectivity index (χ0n) is 27.2. The highest BCUT2D eigenvalue weighted by molar-refractivity contribution is 7.99. The van der Waals surface area contributed by atoms with Crippen molar-refractivity contribution < 1.29 is 23.0 Å². The van der Waals surface area contributed by atoms with Gasteiger partial charge in [-0.2, -0.15) is 11.8 Å². The maximum atomic E-state index is 15.0. The molecule has 0 saturated carbocycles. The van der Waals surface area contributed by atoms with Crippen molar-refractivity contribution in [2.75, 3.05) is 69.7 Å². The van der Waals surface area contributed by atoms with Crippen molar-refractivity contribution in [3.8, 4) is 5.75 Å². The number of nitrogens with two attached hydrogens (primary N) is 1. The number of halogens is 2. The summed E-state index contributed by atoms with van der Waals surface area (Å²) in [4.78, 5) is 39.6. The van der Waals surface area contributed by atoms with Gasteiger partial charge in [0.25, 0.3) is 5.56 Å². The number of hydrogen-bond donors (Lipinski definition) is 2. The number of amides is 1. The number of nitrogen functional groups attached to an aromatic ring is 1. The number of likely N-dealkylation sites (tertiary alicyclic amines) is 2. The quantitative estimate of drug-likeness (QED) is 0.317. The number of rotatable bonds is 9. The van der Waals surface area contributed by atoms with E-state index in [9.17, 15) is 18.4 Å². The Bertz CT molecular complexity index is 1660. The minimum atomic E-state index is -0.625. The molecule has 13 heteroatoms. The van der Waals surface area contributed by atoms with Gasteiger partial charge in [0, 0.05) is 74.4 Å². The first kappa shape index (κ1) is 33.1. The lowest BCUT2D eigenvalue weighted by molar-refractivity contribution is -0.144. The van der Waals surface area contributed by atoms with E-state index in [1.165, 1.54) is 12.1 Å². The number of carbonyl (C=O) groups is 1. The molecule has 0 spiro atoms. The van der Waals surface area contributed by atoms with Crippen LogP contribution in [0.15, 0.2) is 35.1 Å². The van der Waals surface area contributed by atoms with Crippen LogP contribution in [-0.2, 0) is 15.3 Å². The van der Waals surface area contributed by atoms with Crippen molar-refractivity contribution in [3.05, 3.63) is 58.1 Å². The molecule has 4 aliphatic rings. The second-order valence-electron chi connectivity index (χ2n) is 13.6. The van der Waals surface area contributed by atoms with E-state index in [0.717, 1.165) is 77.9 Å². The van der Waals surface area contributed by atoms with Crippen LogP contribution in [0, 0.1) is 23.5 Å². The van der Waals surface area contributed by atoms with Gasteiger partial charge in [0.1, 0.15) is 28.6 Å². The van der Waals surface area contributed by atoms with Crippen molar-refractivity contribution >= 4 is 39.9 Å². The number of aromatic amines is 1. The molecule has 0 unspecified atom stereocenters. The predicted molar refractivity (Wildman–Crippen MR) is 183 cm³/mol. The molecular formula is C35H44F2N6O4S. The average molecular weight is 683 g/mol. The molecule has 4 fully saturated rings. The molecule has 1 amide bonds. The van der Waals surface area contributed by atoms with Gasteiger partial charge in [-0.15, -0.1) is 0 Å². The fraction of sp³-hybridized carbons (Fsp3) is 0.571. The van der Waals surface area contributed by atoms with E-state index in [4.69, 9.17) is 15.2 Å². The third kappa shape index (κ3) is 7.42. The van der Waals surface area contributed by atoms with Crippen LogP contribution >= 0.6 is 11.8 Å². The number of nitrogens with one attached hydrogen (secondary N) is 1. The summed E-state index contributed by atoms with van der Waals surface area (Å²) in [6.45, 7) is 6.67. The van der Waals surface area contributed by atoms with E-state index >= 15 is 0 Å². The maximum absolute atomic E-state index is 15.0. The fourth-order valence-corrected chi connectivity index (χ4v) is 8.47. The molecule has 0 bridgehead atoms. The number of ether oxygens (including phenoxy) is 2. The number of benzene rings is 2. The Hall–Kier alpha value is -3.42. The van der Waals surface area contributed by atoms with Crippen molar-refractivity contribution in [3.63, 3.8) is 0 Å². The summed E-state index contributed by atoms with van der Waals surface area (Å²) in [6.07, 6.45) is 5.33. The van der Waals surface area contributed by atoms with E-state index in [1.807, 2.05) is 9.80 Å². The molecule has 0 atom stereocenters. The van der Waals surface area contributed by atoms with Gasteiger partial charge >= 0.3 is 0 Å². The predicted octanol–water partition coefficient (Wildman–Crippen LogP) is 4.41. The van der Waals surface area contributed by atoms with Gasteiger partial charge < -0.3 is 30.0 Å². The van der Waals surface area contributed by atoms with E-state index in [1.54, 1.807) is 30.0 Å². The first-order valence-electron chi connectivity index (χ1n) is 17.2. The molecule has 0 radical (unpaired) electrons. The topological polar surface area (TPSA) is 117 Å². The zero-order chi connectivity index (χ0) is 33.2. The second kappa shape index (κ2) is 14.6. The number of H-pyrrole nitrogens is 1. The normalized spacial score (nSPS) is 20.7. The van der Waals surface area contributed by atoms with Gasteiger partial charge in [0.15, 0.2) is 0 Å². The van der Waals surface area contributed by atoms with E-state index < -0.39 is 11.4 Å². The van der Waals surface area contributed by atoms with Crippen molar-refractivity contribution in [2.24, 2.45) is 11.8 Å². The largest absolute Gasteiger partial charge is 0.493 e. The van der Waals surface area contributed by atoms with E-state index in [-0.39, 0.29) is 23.0 Å². The van der Waals surface area contributed by atoms with Crippen molar-refractivity contribution in [1.29, 1.82) is 0 Å². The summed E-state index contributed by atoms with van der Waals surface area (Å²) >= 11 is 1.74. The van der Waals surface area contributed by atoms with Crippen molar-refractivity contribution in [2.45, 2.75) is 55.6 Å². The average Bonchev–Trinajstić information content (AvgIpc) is 3.06. The van der Waals surface area contributed by atoms with Gasteiger partial charge in [-0.05, 0) is 75.7 Å². The van der Waals surface area contributed by atoms with Crippen LogP contribution in [0.1, 0.15) is 44.3 Å². The van der Waals surface area contributed by atoms with Gasteiger partial charge in [-0.25, -0.2) is 13.8 Å². The molecule has 3 N–H and O–H groups in total. The molecule has 1 aromatic heterocycles. The number of hydrogen-bond acceptors (Lipinski definition) is 9. The molecule has 4 saturated heterocycles. The zero-order valence-corrected chi connectivity index (χ0v) is 28.0. The van der Waals surface area contributed by atoms with Crippen molar-refractivity contribution in [1.82, 2.24) is 19.8 Å². The molecule has 5 heterocycles. The Labute approximate surface area is 283 Å². The summed E-state index contributed by atoms with van der Waals surface area (Å²) in [6, 6.07) is 8.11. The standard InChI is InChI=1S/C35H44F2N6O4S/c36-28-15-24(38)1-2-31(28)42-11-5-23(6-12-42)35(45)43-18-25(19-43)41-9-3-22(4-10-41)20-47-26-16-29(37)33-30(17-26)39-32(40-34(33)44)21-48-27-7-13-46-14-8-27/h1-2,15-17,22-23,25,27H,3-14,18-21,38H2,(H,39,40,44). The summed E-state index contributed by atoms with van der Waals surface area (Å²) in [7, 11) is 0. The summed E-state index contributed by atoms with van der Waals surface area (Å²) in [5.41, 5.74) is 6.50. The molecule has 7 rings (SSSR count). The lowest BCUT2D eigenvalue weighted by Crippen LogP contribution is -2.63. The number of carbonyl (C=O) groups excluding carboxylic acids is 1. The Morgan fingerprint density at radius 2 is 1.75 bits per heavy atom. The van der Waals surface area contributed by atoms with E-state index in [0.29, 0.717) is 71.1 Å². The summed E-state index contributed by atoms with van der Waals surface area (Å²) < 4.78 is 40.8. The number of anilines is 2.